The first-order chi connectivity index (χ1) is 23.3. The highest BCUT2D eigenvalue weighted by atomic mass is 16.5. The third kappa shape index (κ3) is 16.7. The van der Waals surface area contributed by atoms with E-state index in [2.05, 4.69) is 19.7 Å². The molecule has 1 aromatic rings. The molecule has 0 aromatic heterocycles. The summed E-state index contributed by atoms with van der Waals surface area (Å²) in [5.74, 6) is -4.30. The Labute approximate surface area is 286 Å². The molecule has 1 rings (SSSR count). The molecule has 0 spiro atoms. The van der Waals surface area contributed by atoms with Crippen LogP contribution in [0.2, 0.25) is 0 Å². The predicted molar refractivity (Wildman–Crippen MR) is 190 cm³/mol. The highest BCUT2D eigenvalue weighted by Crippen LogP contribution is 2.31. The van der Waals surface area contributed by atoms with Crippen LogP contribution in [-0.2, 0) is 33.5 Å². The molecule has 9 heteroatoms. The molecule has 0 heterocycles. The fourth-order valence-electron chi connectivity index (χ4n) is 5.12. The third-order valence-electron chi connectivity index (χ3n) is 7.43. The number of rotatable bonds is 30. The lowest BCUT2D eigenvalue weighted by Gasteiger charge is -2.22. The summed E-state index contributed by atoms with van der Waals surface area (Å²) in [5.41, 5.74) is -0.894. The molecular formula is C39H54O9. The molecule has 0 aliphatic rings. The van der Waals surface area contributed by atoms with Gasteiger partial charge in [-0.3, -0.25) is 0 Å². The summed E-state index contributed by atoms with van der Waals surface area (Å²) in [6.07, 6.45) is 25.4. The van der Waals surface area contributed by atoms with Gasteiger partial charge in [-0.2, -0.15) is 0 Å². The molecule has 0 amide bonds. The van der Waals surface area contributed by atoms with Crippen molar-refractivity contribution in [3.8, 4) is 0 Å². The Morgan fingerprint density at radius 1 is 0.458 bits per heavy atom. The van der Waals surface area contributed by atoms with Crippen LogP contribution < -0.4 is 0 Å². The van der Waals surface area contributed by atoms with Gasteiger partial charge in [0.1, 0.15) is 0 Å². The maximum Gasteiger partial charge on any atom is 0.336 e. The average Bonchev–Trinajstić information content (AvgIpc) is 3.05. The summed E-state index contributed by atoms with van der Waals surface area (Å²) < 4.78 is 17.2. The monoisotopic (exact) mass is 666 g/mol. The minimum Gasteiger partial charge on any atom is -0.478 e. The quantitative estimate of drug-likeness (QED) is 0.0548. The molecule has 0 fully saturated rings. The second kappa shape index (κ2) is 27.0. The molecule has 9 nitrogen and oxygen atoms in total. The van der Waals surface area contributed by atoms with Gasteiger partial charge in [0.15, 0.2) is 0 Å². The number of unbranched alkanes of at least 4 members (excludes halogenated alkanes) is 6. The van der Waals surface area contributed by atoms with Gasteiger partial charge in [0.25, 0.3) is 0 Å². The van der Waals surface area contributed by atoms with Crippen molar-refractivity contribution in [2.24, 2.45) is 0 Å². The standard InChI is InChI=1S/C39H54O9/c1-4-7-10-13-16-19-25-46-28-22-31-32(23-29-47-26-20-17-14-11-8-5-2)35(38(42)43)36(39(44)45)33(34(31)37(40)41)24-30-48-27-21-18-15-12-9-6-3/h4-6,16-21H,1-3,7-15,22-30H2,(H,40,41)(H,42,43)(H,44,45). The summed E-state index contributed by atoms with van der Waals surface area (Å²) in [5, 5.41) is 31.0. The molecule has 0 bridgehead atoms. The molecule has 0 radical (unpaired) electrons. The molecule has 0 atom stereocenters. The van der Waals surface area contributed by atoms with E-state index >= 15 is 0 Å². The SMILES string of the molecule is C=CCCCC=CCOCCc1c(CCOCC=CCCCC=C)c(C(=O)O)c(C(=O)O)c(CCOCC=CCCCC=C)c1C(=O)O. The molecule has 1 aromatic carbocycles. The van der Waals surface area contributed by atoms with Crippen LogP contribution >= 0.6 is 0 Å². The molecule has 0 saturated heterocycles. The normalized spacial score (nSPS) is 11.5. The van der Waals surface area contributed by atoms with Gasteiger partial charge in [0.05, 0.1) is 56.3 Å². The van der Waals surface area contributed by atoms with Crippen LogP contribution in [0.3, 0.4) is 0 Å². The third-order valence-corrected chi connectivity index (χ3v) is 7.43. The number of carboxylic acids is 3. The number of carbonyl (C=O) groups is 3. The van der Waals surface area contributed by atoms with Crippen LogP contribution in [0.4, 0.5) is 0 Å². The van der Waals surface area contributed by atoms with Gasteiger partial charge in [-0.25, -0.2) is 14.4 Å². The van der Waals surface area contributed by atoms with Crippen molar-refractivity contribution in [2.45, 2.75) is 77.0 Å². The van der Waals surface area contributed by atoms with Crippen molar-refractivity contribution in [3.63, 3.8) is 0 Å². The van der Waals surface area contributed by atoms with Gasteiger partial charge in [0, 0.05) is 0 Å². The Hall–Kier alpha value is -4.05. The molecule has 48 heavy (non-hydrogen) atoms. The zero-order valence-corrected chi connectivity index (χ0v) is 28.3. The zero-order valence-electron chi connectivity index (χ0n) is 28.3. The van der Waals surface area contributed by atoms with E-state index in [9.17, 15) is 29.7 Å². The maximum atomic E-state index is 12.8. The summed E-state index contributed by atoms with van der Waals surface area (Å²) in [4.78, 5) is 38.1. The molecule has 264 valence electrons. The van der Waals surface area contributed by atoms with Crippen LogP contribution in [0.1, 0.15) is 106 Å². The van der Waals surface area contributed by atoms with E-state index in [1.807, 2.05) is 54.7 Å². The van der Waals surface area contributed by atoms with E-state index in [0.29, 0.717) is 6.61 Å². The Kier molecular flexibility index (Phi) is 23.6. The van der Waals surface area contributed by atoms with Gasteiger partial charge in [0.2, 0.25) is 0 Å². The van der Waals surface area contributed by atoms with Crippen molar-refractivity contribution in [3.05, 3.63) is 108 Å². The van der Waals surface area contributed by atoms with Crippen LogP contribution in [0, 0.1) is 0 Å². The number of carboxylic acid groups (broad SMARTS) is 3. The van der Waals surface area contributed by atoms with Crippen molar-refractivity contribution in [1.82, 2.24) is 0 Å². The second-order valence-electron chi connectivity index (χ2n) is 11.0. The first kappa shape index (κ1) is 42.0. The number of aromatic carboxylic acids is 3. The largest absolute Gasteiger partial charge is 0.478 e. The van der Waals surface area contributed by atoms with Crippen LogP contribution in [-0.4, -0.2) is 72.9 Å². The van der Waals surface area contributed by atoms with Crippen molar-refractivity contribution in [1.29, 1.82) is 0 Å². The predicted octanol–water partition coefficient (Wildman–Crippen LogP) is 8.20. The molecule has 0 aliphatic carbocycles. The number of ether oxygens (including phenoxy) is 3. The minimum absolute atomic E-state index is 0.00476. The van der Waals surface area contributed by atoms with E-state index in [-0.39, 0.29) is 74.6 Å². The average molecular weight is 667 g/mol. The van der Waals surface area contributed by atoms with Crippen molar-refractivity contribution in [2.75, 3.05) is 39.6 Å². The molecule has 0 unspecified atom stereocenters. The fourth-order valence-corrected chi connectivity index (χ4v) is 5.12. The fraction of sp³-hybridized carbons (Fsp3) is 0.462. The van der Waals surface area contributed by atoms with Gasteiger partial charge < -0.3 is 29.5 Å². The lowest BCUT2D eigenvalue weighted by Crippen LogP contribution is -2.24. The van der Waals surface area contributed by atoms with E-state index in [1.54, 1.807) is 0 Å². The van der Waals surface area contributed by atoms with E-state index in [1.165, 1.54) is 0 Å². The Balaban J connectivity index is 3.35. The van der Waals surface area contributed by atoms with Gasteiger partial charge in [-0.15, -0.1) is 19.7 Å². The smallest absolute Gasteiger partial charge is 0.336 e. The lowest BCUT2D eigenvalue weighted by molar-refractivity contribution is 0.0644. The van der Waals surface area contributed by atoms with Crippen molar-refractivity contribution >= 4 is 17.9 Å². The first-order valence-electron chi connectivity index (χ1n) is 16.7. The summed E-state index contributed by atoms with van der Waals surface area (Å²) in [6, 6.07) is 0. The molecule has 3 N–H and O–H groups in total. The Morgan fingerprint density at radius 3 is 1.10 bits per heavy atom. The zero-order chi connectivity index (χ0) is 35.4. The highest BCUT2D eigenvalue weighted by molar-refractivity contribution is 6.07. The topological polar surface area (TPSA) is 140 Å². The van der Waals surface area contributed by atoms with Crippen LogP contribution in [0.25, 0.3) is 0 Å². The van der Waals surface area contributed by atoms with Gasteiger partial charge in [-0.1, -0.05) is 54.7 Å². The second-order valence-corrected chi connectivity index (χ2v) is 11.0. The lowest BCUT2D eigenvalue weighted by atomic mass is 9.83. The van der Waals surface area contributed by atoms with Crippen molar-refractivity contribution < 1.29 is 43.9 Å². The first-order valence-corrected chi connectivity index (χ1v) is 16.7. The minimum atomic E-state index is -1.51. The van der Waals surface area contributed by atoms with Gasteiger partial charge in [-0.05, 0) is 93.7 Å². The molecule has 0 saturated carbocycles. The van der Waals surface area contributed by atoms with E-state index in [0.717, 1.165) is 57.8 Å². The highest BCUT2D eigenvalue weighted by Gasteiger charge is 2.32. The van der Waals surface area contributed by atoms with E-state index < -0.39 is 29.0 Å². The Bertz CT molecular complexity index is 1260. The number of hydrogen-bond acceptors (Lipinski definition) is 6. The summed E-state index contributed by atoms with van der Waals surface area (Å²) in [6.45, 7) is 12.1. The van der Waals surface area contributed by atoms with Crippen LogP contribution in [0.15, 0.2) is 74.4 Å². The summed E-state index contributed by atoms with van der Waals surface area (Å²) >= 11 is 0. The number of hydrogen-bond donors (Lipinski definition) is 3. The van der Waals surface area contributed by atoms with Crippen LogP contribution in [0.5, 0.6) is 0 Å². The molecular weight excluding hydrogens is 612 g/mol. The Morgan fingerprint density at radius 2 is 0.771 bits per heavy atom. The van der Waals surface area contributed by atoms with Gasteiger partial charge >= 0.3 is 17.9 Å². The van der Waals surface area contributed by atoms with E-state index in [4.69, 9.17) is 14.2 Å². The number of benzene rings is 1. The molecule has 0 aliphatic heterocycles. The number of allylic oxidation sites excluding steroid dienone is 6. The summed E-state index contributed by atoms with van der Waals surface area (Å²) in [7, 11) is 0. The maximum absolute atomic E-state index is 12.8.